The highest BCUT2D eigenvalue weighted by Crippen LogP contribution is 2.27. The molecule has 0 unspecified atom stereocenters. The van der Waals surface area contributed by atoms with E-state index < -0.39 is 0 Å². The van der Waals surface area contributed by atoms with Gasteiger partial charge in [0.05, 0.1) is 0 Å². The van der Waals surface area contributed by atoms with Crippen molar-refractivity contribution in [3.8, 4) is 11.4 Å². The van der Waals surface area contributed by atoms with E-state index in [1.165, 1.54) is 10.4 Å². The second-order valence-corrected chi connectivity index (χ2v) is 6.96. The van der Waals surface area contributed by atoms with E-state index in [4.69, 9.17) is 0 Å². The van der Waals surface area contributed by atoms with E-state index in [1.807, 2.05) is 37.3 Å². The van der Waals surface area contributed by atoms with Gasteiger partial charge in [-0.2, -0.15) is 0 Å². The van der Waals surface area contributed by atoms with Crippen LogP contribution in [-0.4, -0.2) is 20.1 Å². The Balaban J connectivity index is 1.62. The van der Waals surface area contributed by atoms with E-state index in [2.05, 4.69) is 40.5 Å². The average molecular weight is 347 g/mol. The first-order valence-corrected chi connectivity index (χ1v) is 9.01. The number of fused-ring (bicyclic) bond motifs is 1. The Morgan fingerprint density at radius 2 is 1.72 bits per heavy atom. The topological polar surface area (TPSA) is 50.9 Å². The van der Waals surface area contributed by atoms with Crippen molar-refractivity contribution in [2.24, 2.45) is 0 Å². The van der Waals surface area contributed by atoms with E-state index in [9.17, 15) is 5.11 Å². The molecule has 124 valence electrons. The molecule has 0 saturated heterocycles. The maximum atomic E-state index is 10.1. The van der Waals surface area contributed by atoms with Crippen LogP contribution in [0.4, 0.5) is 0 Å². The molecule has 0 atom stereocenters. The molecule has 4 rings (SSSR count). The van der Waals surface area contributed by atoms with Crippen LogP contribution in [0.15, 0.2) is 71.6 Å². The minimum absolute atomic E-state index is 0.171. The molecule has 0 aliphatic carbocycles. The summed E-state index contributed by atoms with van der Waals surface area (Å²) in [6.07, 6.45) is 0. The highest BCUT2D eigenvalue weighted by molar-refractivity contribution is 7.98. The lowest BCUT2D eigenvalue weighted by molar-refractivity contribution is 0.467. The van der Waals surface area contributed by atoms with E-state index >= 15 is 0 Å². The zero-order valence-corrected chi connectivity index (χ0v) is 14.6. The van der Waals surface area contributed by atoms with Gasteiger partial charge in [0.2, 0.25) is 0 Å². The largest absolute Gasteiger partial charge is 0.506 e. The Morgan fingerprint density at radius 3 is 2.56 bits per heavy atom. The van der Waals surface area contributed by atoms with Gasteiger partial charge in [0.1, 0.15) is 22.5 Å². The number of rotatable bonds is 4. The monoisotopic (exact) mass is 347 g/mol. The Bertz CT molecular complexity index is 1030. The second-order valence-electron chi connectivity index (χ2n) is 5.91. The molecule has 1 N–H and O–H groups in total. The lowest BCUT2D eigenvalue weighted by atomic mass is 10.2. The number of phenolic OH excluding ortho intramolecular Hbond substituents is 1. The summed E-state index contributed by atoms with van der Waals surface area (Å²) in [6.45, 7) is 1.98. The third-order valence-corrected chi connectivity index (χ3v) is 5.01. The maximum Gasteiger partial charge on any atom is 0.143 e. The lowest BCUT2D eigenvalue weighted by Crippen LogP contribution is -1.99. The molecule has 0 amide bonds. The number of aromatic hydroxyl groups is 1. The van der Waals surface area contributed by atoms with Gasteiger partial charge in [-0.3, -0.25) is 0 Å². The number of phenols is 1. The number of thioether (sulfide) groups is 1. The molecule has 0 aliphatic rings. The first-order chi connectivity index (χ1) is 12.2. The van der Waals surface area contributed by atoms with Crippen LogP contribution in [-0.2, 0) is 5.75 Å². The average Bonchev–Trinajstić information content (AvgIpc) is 3.06. The molecule has 0 aliphatic heterocycles. The van der Waals surface area contributed by atoms with Crippen LogP contribution in [0.5, 0.6) is 5.75 Å². The summed E-state index contributed by atoms with van der Waals surface area (Å²) >= 11 is 1.77. The Hall–Kier alpha value is -2.79. The highest BCUT2D eigenvalue weighted by atomic mass is 32.2. The Kier molecular flexibility index (Phi) is 4.15. The quantitative estimate of drug-likeness (QED) is 0.542. The minimum Gasteiger partial charge on any atom is -0.506 e. The van der Waals surface area contributed by atoms with Crippen LogP contribution in [0.1, 0.15) is 11.1 Å². The lowest BCUT2D eigenvalue weighted by Gasteiger charge is -2.03. The van der Waals surface area contributed by atoms with Crippen LogP contribution in [0.2, 0.25) is 0 Å². The fourth-order valence-corrected chi connectivity index (χ4v) is 3.51. The van der Waals surface area contributed by atoms with Gasteiger partial charge >= 0.3 is 0 Å². The van der Waals surface area contributed by atoms with E-state index in [0.29, 0.717) is 5.69 Å². The number of benzene rings is 3. The molecule has 0 fully saturated rings. The van der Waals surface area contributed by atoms with Gasteiger partial charge in [-0.05, 0) is 48.4 Å². The van der Waals surface area contributed by atoms with Gasteiger partial charge in [0, 0.05) is 10.6 Å². The van der Waals surface area contributed by atoms with Crippen LogP contribution >= 0.6 is 11.8 Å². The summed E-state index contributed by atoms with van der Waals surface area (Å²) in [5, 5.41) is 19.1. The van der Waals surface area contributed by atoms with Crippen LogP contribution in [0.25, 0.3) is 16.7 Å². The molecule has 3 aromatic carbocycles. The van der Waals surface area contributed by atoms with Crippen molar-refractivity contribution in [3.05, 3.63) is 77.9 Å². The summed E-state index contributed by atoms with van der Waals surface area (Å²) in [6, 6.07) is 21.9. The molecule has 1 heterocycles. The van der Waals surface area contributed by atoms with Crippen molar-refractivity contribution in [1.29, 1.82) is 0 Å². The van der Waals surface area contributed by atoms with E-state index in [-0.39, 0.29) is 5.75 Å². The third kappa shape index (κ3) is 3.37. The SMILES string of the molecule is Cc1ccc(O)c(-n2nc3ccc(SCc4ccccc4)cc3n2)c1. The van der Waals surface area contributed by atoms with Crippen LogP contribution in [0.3, 0.4) is 0 Å². The molecule has 0 saturated carbocycles. The number of hydrogen-bond donors (Lipinski definition) is 1. The molecule has 5 heteroatoms. The summed E-state index contributed by atoms with van der Waals surface area (Å²) in [5.74, 6) is 1.09. The molecule has 1 aromatic heterocycles. The summed E-state index contributed by atoms with van der Waals surface area (Å²) in [4.78, 5) is 2.65. The van der Waals surface area contributed by atoms with Crippen molar-refractivity contribution in [2.75, 3.05) is 0 Å². The Labute approximate surface area is 150 Å². The first-order valence-electron chi connectivity index (χ1n) is 8.03. The molecule has 4 nitrogen and oxygen atoms in total. The highest BCUT2D eigenvalue weighted by Gasteiger charge is 2.10. The van der Waals surface area contributed by atoms with E-state index in [0.717, 1.165) is 27.2 Å². The minimum atomic E-state index is 0.171. The number of aryl methyl sites for hydroxylation is 1. The molecule has 25 heavy (non-hydrogen) atoms. The molecule has 0 bridgehead atoms. The third-order valence-electron chi connectivity index (χ3n) is 3.95. The summed E-state index contributed by atoms with van der Waals surface area (Å²) in [7, 11) is 0. The van der Waals surface area contributed by atoms with Gasteiger partial charge < -0.3 is 5.11 Å². The smallest absolute Gasteiger partial charge is 0.143 e. The van der Waals surface area contributed by atoms with Gasteiger partial charge in [-0.1, -0.05) is 36.4 Å². The maximum absolute atomic E-state index is 10.1. The predicted molar refractivity (Wildman–Crippen MR) is 101 cm³/mol. The van der Waals surface area contributed by atoms with Crippen molar-refractivity contribution in [3.63, 3.8) is 0 Å². The van der Waals surface area contributed by atoms with Crippen molar-refractivity contribution in [1.82, 2.24) is 15.0 Å². The van der Waals surface area contributed by atoms with Crippen molar-refractivity contribution >= 4 is 22.8 Å². The van der Waals surface area contributed by atoms with Crippen molar-refractivity contribution < 1.29 is 5.11 Å². The molecule has 4 aromatic rings. The van der Waals surface area contributed by atoms with E-state index in [1.54, 1.807) is 17.8 Å². The molecule has 0 radical (unpaired) electrons. The van der Waals surface area contributed by atoms with Crippen LogP contribution in [0, 0.1) is 6.92 Å². The van der Waals surface area contributed by atoms with Crippen LogP contribution < -0.4 is 0 Å². The summed E-state index contributed by atoms with van der Waals surface area (Å²) in [5.41, 5.74) is 4.56. The van der Waals surface area contributed by atoms with Gasteiger partial charge in [0.15, 0.2) is 0 Å². The number of aromatic nitrogens is 3. The first kappa shape index (κ1) is 15.7. The second kappa shape index (κ2) is 6.61. The molecular formula is C20H17N3OS. The normalized spacial score (nSPS) is 11.1. The Morgan fingerprint density at radius 1 is 0.920 bits per heavy atom. The fraction of sp³-hybridized carbons (Fsp3) is 0.100. The number of nitrogens with zero attached hydrogens (tertiary/aromatic N) is 3. The predicted octanol–water partition coefficient (Wildman–Crippen LogP) is 4.73. The number of hydrogen-bond acceptors (Lipinski definition) is 4. The van der Waals surface area contributed by atoms with Gasteiger partial charge in [-0.15, -0.1) is 26.8 Å². The molecule has 0 spiro atoms. The van der Waals surface area contributed by atoms with Gasteiger partial charge in [-0.25, -0.2) is 0 Å². The zero-order valence-electron chi connectivity index (χ0n) is 13.8. The zero-order chi connectivity index (χ0) is 17.2. The van der Waals surface area contributed by atoms with Gasteiger partial charge in [0.25, 0.3) is 0 Å². The molecular weight excluding hydrogens is 330 g/mol. The standard InChI is InChI=1S/C20H17N3OS/c1-14-7-10-20(24)19(11-14)23-21-17-9-8-16(12-18(17)22-23)25-13-15-5-3-2-4-6-15/h2-12,24H,13H2,1H3. The summed E-state index contributed by atoms with van der Waals surface area (Å²) < 4.78 is 0. The fourth-order valence-electron chi connectivity index (χ4n) is 2.63. The van der Waals surface area contributed by atoms with Crippen molar-refractivity contribution in [2.45, 2.75) is 17.6 Å².